The van der Waals surface area contributed by atoms with Crippen molar-refractivity contribution in [3.8, 4) is 5.75 Å². The molecule has 9 heteroatoms. The molecule has 2 heterocycles. The zero-order valence-electron chi connectivity index (χ0n) is 14.7. The van der Waals surface area contributed by atoms with Crippen LogP contribution in [0.25, 0.3) is 0 Å². The molecular weight excluding hydrogens is 370 g/mol. The summed E-state index contributed by atoms with van der Waals surface area (Å²) in [5.41, 5.74) is -0.0344. The van der Waals surface area contributed by atoms with Gasteiger partial charge in [-0.3, -0.25) is 19.7 Å². The minimum atomic E-state index is -0.717. The van der Waals surface area contributed by atoms with E-state index in [1.807, 2.05) is 11.4 Å². The maximum atomic E-state index is 12.6. The third-order valence-corrected chi connectivity index (χ3v) is 5.18. The van der Waals surface area contributed by atoms with Crippen LogP contribution >= 0.6 is 11.3 Å². The summed E-state index contributed by atoms with van der Waals surface area (Å²) in [6.07, 6.45) is -0.717. The largest absolute Gasteiger partial charge is 0.481 e. The Kier molecular flexibility index (Phi) is 5.70. The van der Waals surface area contributed by atoms with Crippen LogP contribution in [0.1, 0.15) is 16.6 Å². The van der Waals surface area contributed by atoms with Crippen LogP contribution in [0.2, 0.25) is 0 Å². The average Bonchev–Trinajstić information content (AvgIpc) is 3.22. The standard InChI is InChI=1S/C18H19N3O5S/c1-13(26-15-6-4-14(5-7-15)21(24)25)17(22)19-8-10-20(11-9-19)18(23)16-3-2-12-27-16/h2-7,12-13H,8-11H2,1H3/t13-/m0/s1. The number of thiophene rings is 1. The zero-order chi connectivity index (χ0) is 19.4. The van der Waals surface area contributed by atoms with Crippen molar-refractivity contribution in [3.63, 3.8) is 0 Å². The van der Waals surface area contributed by atoms with E-state index in [9.17, 15) is 19.7 Å². The van der Waals surface area contributed by atoms with Crippen LogP contribution in [0, 0.1) is 10.1 Å². The number of nitro groups is 1. The molecule has 2 amide bonds. The van der Waals surface area contributed by atoms with Gasteiger partial charge in [0.05, 0.1) is 9.80 Å². The van der Waals surface area contributed by atoms with Gasteiger partial charge in [-0.1, -0.05) is 6.07 Å². The number of benzene rings is 1. The molecule has 2 aromatic rings. The summed E-state index contributed by atoms with van der Waals surface area (Å²) < 4.78 is 5.60. The molecule has 8 nitrogen and oxygen atoms in total. The molecule has 1 aliphatic heterocycles. The average molecular weight is 389 g/mol. The van der Waals surface area contributed by atoms with E-state index in [4.69, 9.17) is 4.74 Å². The van der Waals surface area contributed by atoms with Crippen molar-refractivity contribution < 1.29 is 19.2 Å². The molecule has 3 rings (SSSR count). The number of carbonyl (C=O) groups is 2. The Morgan fingerprint density at radius 3 is 2.30 bits per heavy atom. The zero-order valence-corrected chi connectivity index (χ0v) is 15.6. The fourth-order valence-corrected chi connectivity index (χ4v) is 3.53. The molecule has 0 spiro atoms. The first-order chi connectivity index (χ1) is 13.0. The molecule has 142 valence electrons. The predicted octanol–water partition coefficient (Wildman–Crippen LogP) is 2.41. The maximum Gasteiger partial charge on any atom is 0.269 e. The van der Waals surface area contributed by atoms with E-state index in [1.165, 1.54) is 35.6 Å². The van der Waals surface area contributed by atoms with Crippen molar-refractivity contribution in [1.29, 1.82) is 0 Å². The predicted molar refractivity (Wildman–Crippen MR) is 100.0 cm³/mol. The van der Waals surface area contributed by atoms with Crippen molar-refractivity contribution in [3.05, 3.63) is 56.8 Å². The second-order valence-corrected chi connectivity index (χ2v) is 7.05. The van der Waals surface area contributed by atoms with E-state index in [0.717, 1.165) is 0 Å². The Balaban J connectivity index is 1.52. The summed E-state index contributed by atoms with van der Waals surface area (Å²) >= 11 is 1.41. The minimum Gasteiger partial charge on any atom is -0.481 e. The highest BCUT2D eigenvalue weighted by molar-refractivity contribution is 7.12. The van der Waals surface area contributed by atoms with Crippen molar-refractivity contribution in [1.82, 2.24) is 9.80 Å². The lowest BCUT2D eigenvalue weighted by atomic mass is 10.2. The number of piperazine rings is 1. The normalized spacial score (nSPS) is 15.3. The van der Waals surface area contributed by atoms with Crippen molar-refractivity contribution >= 4 is 28.8 Å². The molecule has 0 unspecified atom stereocenters. The molecule has 0 N–H and O–H groups in total. The number of amides is 2. The Labute approximate surface area is 160 Å². The van der Waals surface area contributed by atoms with Gasteiger partial charge in [-0.2, -0.15) is 0 Å². The highest BCUT2D eigenvalue weighted by Crippen LogP contribution is 2.19. The lowest BCUT2D eigenvalue weighted by Gasteiger charge is -2.35. The number of ether oxygens (including phenoxy) is 1. The van der Waals surface area contributed by atoms with E-state index in [0.29, 0.717) is 36.8 Å². The molecule has 27 heavy (non-hydrogen) atoms. The van der Waals surface area contributed by atoms with Crippen LogP contribution in [0.5, 0.6) is 5.75 Å². The number of hydrogen-bond acceptors (Lipinski definition) is 6. The molecule has 0 aliphatic carbocycles. The first-order valence-corrected chi connectivity index (χ1v) is 9.36. The van der Waals surface area contributed by atoms with Gasteiger partial charge < -0.3 is 14.5 Å². The summed E-state index contributed by atoms with van der Waals surface area (Å²) in [7, 11) is 0. The fraction of sp³-hybridized carbons (Fsp3) is 0.333. The number of nitro benzene ring substituents is 1. The van der Waals surface area contributed by atoms with Gasteiger partial charge in [0.1, 0.15) is 5.75 Å². The Morgan fingerprint density at radius 1 is 1.11 bits per heavy atom. The van der Waals surface area contributed by atoms with Crippen LogP contribution in [0.3, 0.4) is 0 Å². The smallest absolute Gasteiger partial charge is 0.269 e. The van der Waals surface area contributed by atoms with Gasteiger partial charge in [0.25, 0.3) is 17.5 Å². The molecule has 0 bridgehead atoms. The van der Waals surface area contributed by atoms with Gasteiger partial charge in [-0.15, -0.1) is 11.3 Å². The molecule has 1 saturated heterocycles. The maximum absolute atomic E-state index is 12.6. The fourth-order valence-electron chi connectivity index (χ4n) is 2.84. The molecule has 1 fully saturated rings. The van der Waals surface area contributed by atoms with Crippen LogP contribution in [0.15, 0.2) is 41.8 Å². The summed E-state index contributed by atoms with van der Waals surface area (Å²) in [6, 6.07) is 9.25. The number of rotatable bonds is 5. The quantitative estimate of drug-likeness (QED) is 0.578. The summed E-state index contributed by atoms with van der Waals surface area (Å²) in [5.74, 6) is 0.219. The van der Waals surface area contributed by atoms with Gasteiger partial charge in [0.15, 0.2) is 6.10 Å². The van der Waals surface area contributed by atoms with Gasteiger partial charge in [-0.25, -0.2) is 0 Å². The summed E-state index contributed by atoms with van der Waals surface area (Å²) in [4.78, 5) is 39.2. The van der Waals surface area contributed by atoms with Crippen LogP contribution < -0.4 is 4.74 Å². The lowest BCUT2D eigenvalue weighted by molar-refractivity contribution is -0.384. The van der Waals surface area contributed by atoms with Crippen LogP contribution in [-0.4, -0.2) is 58.8 Å². The number of non-ortho nitro benzene ring substituents is 1. The highest BCUT2D eigenvalue weighted by Gasteiger charge is 2.28. The van der Waals surface area contributed by atoms with Crippen molar-refractivity contribution in [2.75, 3.05) is 26.2 Å². The van der Waals surface area contributed by atoms with Gasteiger partial charge in [-0.05, 0) is 30.5 Å². The van der Waals surface area contributed by atoms with E-state index in [1.54, 1.807) is 22.8 Å². The van der Waals surface area contributed by atoms with E-state index in [2.05, 4.69) is 0 Å². The SMILES string of the molecule is C[C@H](Oc1ccc([N+](=O)[O-])cc1)C(=O)N1CCN(C(=O)c2cccs2)CC1. The Morgan fingerprint density at radius 2 is 1.74 bits per heavy atom. The molecule has 1 atom stereocenters. The van der Waals surface area contributed by atoms with E-state index >= 15 is 0 Å². The van der Waals surface area contributed by atoms with Crippen molar-refractivity contribution in [2.45, 2.75) is 13.0 Å². The third-order valence-electron chi connectivity index (χ3n) is 4.32. The first kappa shape index (κ1) is 18.8. The molecule has 0 saturated carbocycles. The second-order valence-electron chi connectivity index (χ2n) is 6.11. The highest BCUT2D eigenvalue weighted by atomic mass is 32.1. The van der Waals surface area contributed by atoms with Crippen LogP contribution in [-0.2, 0) is 4.79 Å². The molecule has 0 radical (unpaired) electrons. The minimum absolute atomic E-state index is 0.00715. The Bertz CT molecular complexity index is 814. The van der Waals surface area contributed by atoms with Gasteiger partial charge in [0, 0.05) is 38.3 Å². The van der Waals surface area contributed by atoms with Crippen LogP contribution in [0.4, 0.5) is 5.69 Å². The molecular formula is C18H19N3O5S. The number of nitrogens with zero attached hydrogens (tertiary/aromatic N) is 3. The lowest BCUT2D eigenvalue weighted by Crippen LogP contribution is -2.53. The second kappa shape index (κ2) is 8.17. The summed E-state index contributed by atoms with van der Waals surface area (Å²) in [6.45, 7) is 3.50. The topological polar surface area (TPSA) is 93.0 Å². The monoisotopic (exact) mass is 389 g/mol. The van der Waals surface area contributed by atoms with Gasteiger partial charge in [0.2, 0.25) is 0 Å². The van der Waals surface area contributed by atoms with E-state index < -0.39 is 11.0 Å². The molecule has 1 aromatic heterocycles. The first-order valence-electron chi connectivity index (χ1n) is 8.48. The number of carbonyl (C=O) groups excluding carboxylic acids is 2. The third kappa shape index (κ3) is 4.43. The molecule has 1 aromatic carbocycles. The van der Waals surface area contributed by atoms with E-state index in [-0.39, 0.29) is 17.5 Å². The Hall–Kier alpha value is -2.94. The summed E-state index contributed by atoms with van der Waals surface area (Å²) in [5, 5.41) is 12.5. The number of hydrogen-bond donors (Lipinski definition) is 0. The molecule has 1 aliphatic rings. The van der Waals surface area contributed by atoms with Crippen molar-refractivity contribution in [2.24, 2.45) is 0 Å². The van der Waals surface area contributed by atoms with Gasteiger partial charge >= 0.3 is 0 Å².